The van der Waals surface area contributed by atoms with Crippen molar-refractivity contribution in [1.82, 2.24) is 0 Å². The van der Waals surface area contributed by atoms with E-state index < -0.39 is 17.4 Å². The lowest BCUT2D eigenvalue weighted by molar-refractivity contribution is 0.414. The molecule has 0 aliphatic rings. The molecule has 0 aromatic heterocycles. The Hall–Kier alpha value is -0.680. The molecule has 0 saturated carbocycles. The van der Waals surface area contributed by atoms with E-state index in [0.29, 0.717) is 0 Å². The minimum absolute atomic E-state index is 0.0107. The highest BCUT2D eigenvalue weighted by Crippen LogP contribution is 2.30. The van der Waals surface area contributed by atoms with E-state index in [-0.39, 0.29) is 22.5 Å². The van der Waals surface area contributed by atoms with Crippen molar-refractivity contribution in [2.75, 3.05) is 0 Å². The summed E-state index contributed by atoms with van der Waals surface area (Å²) in [7, 11) is 0. The van der Waals surface area contributed by atoms with Crippen LogP contribution in [0.15, 0.2) is 10.5 Å². The van der Waals surface area contributed by atoms with Gasteiger partial charge in [0.1, 0.15) is 5.82 Å². The summed E-state index contributed by atoms with van der Waals surface area (Å²) in [6, 6.07) is 0.541. The predicted molar refractivity (Wildman–Crippen MR) is 53.1 cm³/mol. The molecule has 1 aromatic rings. The lowest BCUT2D eigenvalue weighted by atomic mass is 10.1. The zero-order valence-electron chi connectivity index (χ0n) is 7.52. The first kappa shape index (κ1) is 11.4. The van der Waals surface area contributed by atoms with Crippen LogP contribution in [0, 0.1) is 11.6 Å². The third-order valence-corrected chi connectivity index (χ3v) is 2.34. The van der Waals surface area contributed by atoms with E-state index in [1.807, 2.05) is 0 Å². The highest BCUT2D eigenvalue weighted by molar-refractivity contribution is 9.10. The smallest absolute Gasteiger partial charge is 0.166 e. The van der Waals surface area contributed by atoms with E-state index in [4.69, 9.17) is 5.73 Å². The van der Waals surface area contributed by atoms with Gasteiger partial charge in [0.2, 0.25) is 0 Å². The molecule has 2 nitrogen and oxygen atoms in total. The van der Waals surface area contributed by atoms with Crippen molar-refractivity contribution < 1.29 is 13.9 Å². The molecule has 1 atom stereocenters. The maximum Gasteiger partial charge on any atom is 0.166 e. The number of benzene rings is 1. The first-order valence-electron chi connectivity index (χ1n) is 4.04. The van der Waals surface area contributed by atoms with Crippen LogP contribution >= 0.6 is 15.9 Å². The van der Waals surface area contributed by atoms with E-state index >= 15 is 0 Å². The van der Waals surface area contributed by atoms with Crippen LogP contribution in [0.3, 0.4) is 0 Å². The number of phenolic OH excluding ortho intramolecular Hbond substituents is 1. The first-order chi connectivity index (χ1) is 6.43. The SMILES string of the molecule is CC(N)Cc1c(O)c(F)cc(Br)c1F. The number of aromatic hydroxyl groups is 1. The second kappa shape index (κ2) is 4.23. The molecule has 0 heterocycles. The van der Waals surface area contributed by atoms with Gasteiger partial charge in [0.15, 0.2) is 11.6 Å². The zero-order chi connectivity index (χ0) is 10.9. The average Bonchev–Trinajstić information content (AvgIpc) is 2.09. The first-order valence-corrected chi connectivity index (χ1v) is 4.83. The van der Waals surface area contributed by atoms with Crippen molar-refractivity contribution in [1.29, 1.82) is 0 Å². The van der Waals surface area contributed by atoms with Gasteiger partial charge < -0.3 is 10.8 Å². The maximum absolute atomic E-state index is 13.4. The molecule has 14 heavy (non-hydrogen) atoms. The van der Waals surface area contributed by atoms with Crippen LogP contribution in [0.25, 0.3) is 0 Å². The van der Waals surface area contributed by atoms with Gasteiger partial charge in [-0.25, -0.2) is 8.78 Å². The van der Waals surface area contributed by atoms with Gasteiger partial charge in [0.25, 0.3) is 0 Å². The van der Waals surface area contributed by atoms with E-state index in [9.17, 15) is 13.9 Å². The fourth-order valence-corrected chi connectivity index (χ4v) is 1.58. The molecular weight excluding hydrogens is 256 g/mol. The summed E-state index contributed by atoms with van der Waals surface area (Å²) in [5.41, 5.74) is 5.36. The molecule has 0 amide bonds. The van der Waals surface area contributed by atoms with Crippen LogP contribution < -0.4 is 5.73 Å². The second-order valence-electron chi connectivity index (χ2n) is 3.16. The van der Waals surface area contributed by atoms with Crippen LogP contribution in [-0.2, 0) is 6.42 Å². The molecule has 0 bridgehead atoms. The average molecular weight is 266 g/mol. The number of hydrogen-bond acceptors (Lipinski definition) is 2. The van der Waals surface area contributed by atoms with Gasteiger partial charge in [-0.05, 0) is 35.3 Å². The lowest BCUT2D eigenvalue weighted by Gasteiger charge is -2.10. The quantitative estimate of drug-likeness (QED) is 0.807. The van der Waals surface area contributed by atoms with Gasteiger partial charge in [-0.1, -0.05) is 0 Å². The van der Waals surface area contributed by atoms with E-state index in [1.165, 1.54) is 0 Å². The van der Waals surface area contributed by atoms with Crippen LogP contribution in [0.1, 0.15) is 12.5 Å². The molecule has 1 aromatic carbocycles. The Morgan fingerprint density at radius 3 is 2.64 bits per heavy atom. The third-order valence-electron chi connectivity index (χ3n) is 1.77. The van der Waals surface area contributed by atoms with Gasteiger partial charge >= 0.3 is 0 Å². The van der Waals surface area contributed by atoms with Crippen molar-refractivity contribution >= 4 is 15.9 Å². The molecule has 0 spiro atoms. The van der Waals surface area contributed by atoms with Crippen molar-refractivity contribution in [3.63, 3.8) is 0 Å². The molecule has 5 heteroatoms. The van der Waals surface area contributed by atoms with Crippen molar-refractivity contribution in [2.45, 2.75) is 19.4 Å². The van der Waals surface area contributed by atoms with E-state index in [0.717, 1.165) is 6.07 Å². The highest BCUT2D eigenvalue weighted by atomic mass is 79.9. The largest absolute Gasteiger partial charge is 0.505 e. The fourth-order valence-electron chi connectivity index (χ4n) is 1.14. The monoisotopic (exact) mass is 265 g/mol. The summed E-state index contributed by atoms with van der Waals surface area (Å²) in [6.07, 6.45) is 0.0913. The Morgan fingerprint density at radius 1 is 1.57 bits per heavy atom. The van der Waals surface area contributed by atoms with Gasteiger partial charge in [0, 0.05) is 11.6 Å². The molecule has 78 valence electrons. The topological polar surface area (TPSA) is 46.2 Å². The summed E-state index contributed by atoms with van der Waals surface area (Å²) >= 11 is 2.85. The molecule has 0 radical (unpaired) electrons. The fraction of sp³-hybridized carbons (Fsp3) is 0.333. The minimum Gasteiger partial charge on any atom is -0.505 e. The highest BCUT2D eigenvalue weighted by Gasteiger charge is 2.17. The van der Waals surface area contributed by atoms with Gasteiger partial charge in [-0.2, -0.15) is 0 Å². The number of nitrogens with two attached hydrogens (primary N) is 1. The Balaban J connectivity index is 3.25. The maximum atomic E-state index is 13.4. The van der Waals surface area contributed by atoms with Gasteiger partial charge in [0.05, 0.1) is 4.47 Å². The van der Waals surface area contributed by atoms with Crippen molar-refractivity contribution in [3.05, 3.63) is 27.7 Å². The van der Waals surface area contributed by atoms with Gasteiger partial charge in [-0.3, -0.25) is 0 Å². The summed E-state index contributed by atoms with van der Waals surface area (Å²) in [4.78, 5) is 0. The molecule has 1 rings (SSSR count). The van der Waals surface area contributed by atoms with Crippen LogP contribution in [0.2, 0.25) is 0 Å². The Morgan fingerprint density at radius 2 is 2.14 bits per heavy atom. The third kappa shape index (κ3) is 2.22. The Labute approximate surface area is 88.9 Å². The standard InChI is InChI=1S/C9H10BrF2NO/c1-4(13)2-5-8(12)6(10)3-7(11)9(5)14/h3-4,14H,2,13H2,1H3. The number of phenols is 1. The van der Waals surface area contributed by atoms with E-state index in [2.05, 4.69) is 15.9 Å². The molecule has 3 N–H and O–H groups in total. The number of rotatable bonds is 2. The summed E-state index contributed by atoms with van der Waals surface area (Å²) in [5, 5.41) is 9.26. The van der Waals surface area contributed by atoms with Crippen LogP contribution in [0.4, 0.5) is 8.78 Å². The molecule has 1 unspecified atom stereocenters. The van der Waals surface area contributed by atoms with Gasteiger partial charge in [-0.15, -0.1) is 0 Å². The lowest BCUT2D eigenvalue weighted by Crippen LogP contribution is -2.19. The Bertz CT molecular complexity index is 329. The molecule has 0 aliphatic heterocycles. The molecular formula is C9H10BrF2NO. The summed E-state index contributed by atoms with van der Waals surface area (Å²) in [6.45, 7) is 1.65. The number of halogens is 3. The summed E-state index contributed by atoms with van der Waals surface area (Å²) < 4.78 is 26.3. The zero-order valence-corrected chi connectivity index (χ0v) is 9.11. The summed E-state index contributed by atoms with van der Waals surface area (Å²) in [5.74, 6) is -2.18. The minimum atomic E-state index is -0.853. The number of hydrogen-bond donors (Lipinski definition) is 2. The van der Waals surface area contributed by atoms with Crippen LogP contribution in [-0.4, -0.2) is 11.1 Å². The van der Waals surface area contributed by atoms with Crippen molar-refractivity contribution in [3.8, 4) is 5.75 Å². The molecule has 0 saturated heterocycles. The van der Waals surface area contributed by atoms with E-state index in [1.54, 1.807) is 6.92 Å². The molecule has 0 aliphatic carbocycles. The van der Waals surface area contributed by atoms with Crippen molar-refractivity contribution in [2.24, 2.45) is 5.73 Å². The van der Waals surface area contributed by atoms with Crippen LogP contribution in [0.5, 0.6) is 5.75 Å². The molecule has 0 fully saturated rings. The normalized spacial score (nSPS) is 12.9. The predicted octanol–water partition coefficient (Wildman–Crippen LogP) is 2.32. The Kier molecular flexibility index (Phi) is 3.44. The second-order valence-corrected chi connectivity index (χ2v) is 4.02.